The highest BCUT2D eigenvalue weighted by Gasteiger charge is 2.41. The summed E-state index contributed by atoms with van der Waals surface area (Å²) < 4.78 is 19.2. The lowest BCUT2D eigenvalue weighted by Gasteiger charge is -2.47. The third-order valence-electron chi connectivity index (χ3n) is 12.7. The zero-order valence-electron chi connectivity index (χ0n) is 36.9. The quantitative estimate of drug-likeness (QED) is 0.0801. The molecule has 1 spiro atoms. The van der Waals surface area contributed by atoms with Crippen molar-refractivity contribution >= 4 is 31.1 Å². The molecular weight excluding hydrogens is 775 g/mol. The summed E-state index contributed by atoms with van der Waals surface area (Å²) in [6, 6.07) is 17.4. The molecule has 2 aliphatic rings. The lowest BCUT2D eigenvalue weighted by atomic mass is 9.89. The topological polar surface area (TPSA) is 145 Å². The van der Waals surface area contributed by atoms with Crippen LogP contribution in [0, 0.1) is 6.92 Å². The average molecular weight is 842 g/mol. The fourth-order valence-corrected chi connectivity index (χ4v) is 9.13. The predicted octanol–water partition coefficient (Wildman–Crippen LogP) is 6.01. The number of nitrogens with zero attached hydrogens (tertiary/aromatic N) is 5. The summed E-state index contributed by atoms with van der Waals surface area (Å²) in [7, 11) is -0.375. The molecule has 2 aromatic carbocycles. The van der Waals surface area contributed by atoms with Gasteiger partial charge in [0.25, 0.3) is 0 Å². The number of H-pyrrole nitrogens is 1. The third kappa shape index (κ3) is 12.0. The molecule has 0 bridgehead atoms. The number of amides is 1. The minimum atomic E-state index is -2.20. The van der Waals surface area contributed by atoms with E-state index in [0.29, 0.717) is 51.4 Å². The lowest BCUT2D eigenvalue weighted by Crippen LogP contribution is -2.57. The Bertz CT molecular complexity index is 2100. The summed E-state index contributed by atoms with van der Waals surface area (Å²) in [5.74, 6) is 0.873. The number of aromatic nitrogens is 3. The molecule has 1 atom stereocenters. The van der Waals surface area contributed by atoms with Crippen molar-refractivity contribution in [2.45, 2.75) is 89.6 Å². The molecule has 4 heterocycles. The number of fused-ring (bicyclic) bond motifs is 1. The first-order valence-electron chi connectivity index (χ1n) is 21.7. The number of likely N-dealkylation sites (N-methyl/N-ethyl adjacent to an activating group) is 1. The molecule has 0 aliphatic carbocycles. The van der Waals surface area contributed by atoms with Crippen LogP contribution in [-0.2, 0) is 31.5 Å². The van der Waals surface area contributed by atoms with Crippen LogP contribution in [-0.4, -0.2) is 129 Å². The van der Waals surface area contributed by atoms with Gasteiger partial charge in [-0.15, -0.1) is 0 Å². The van der Waals surface area contributed by atoms with Crippen LogP contribution in [0.3, 0.4) is 0 Å². The number of aromatic amines is 1. The van der Waals surface area contributed by atoms with Gasteiger partial charge in [-0.05, 0) is 85.6 Å². The predicted molar refractivity (Wildman–Crippen MR) is 240 cm³/mol. The second-order valence-corrected chi connectivity index (χ2v) is 22.9. The number of ether oxygens (including phenoxy) is 2. The van der Waals surface area contributed by atoms with E-state index in [0.717, 1.165) is 81.0 Å². The van der Waals surface area contributed by atoms with Crippen LogP contribution in [0.2, 0.25) is 18.1 Å². The van der Waals surface area contributed by atoms with Crippen molar-refractivity contribution in [1.29, 1.82) is 0 Å². The Morgan fingerprint density at radius 3 is 2.58 bits per heavy atom. The fourth-order valence-electron chi connectivity index (χ4n) is 7.85. The summed E-state index contributed by atoms with van der Waals surface area (Å²) in [5, 5.41) is 14.7. The molecule has 3 N–H and O–H groups in total. The van der Waals surface area contributed by atoms with Gasteiger partial charge in [0, 0.05) is 76.2 Å². The summed E-state index contributed by atoms with van der Waals surface area (Å²) in [6.07, 6.45) is 5.68. The van der Waals surface area contributed by atoms with Crippen molar-refractivity contribution in [2.24, 2.45) is 0 Å². The number of aromatic hydroxyl groups is 1. The van der Waals surface area contributed by atoms with E-state index >= 15 is 0 Å². The number of hydrogen-bond donors (Lipinski definition) is 3. The molecule has 1 amide bonds. The van der Waals surface area contributed by atoms with Crippen molar-refractivity contribution in [3.05, 3.63) is 93.5 Å². The zero-order chi connectivity index (χ0) is 42.9. The van der Waals surface area contributed by atoms with Crippen molar-refractivity contribution in [2.75, 3.05) is 84.1 Å². The number of carbonyl (C=O) groups excluding carboxylic acids is 1. The first-order valence-corrected chi connectivity index (χ1v) is 24.6. The Morgan fingerprint density at radius 1 is 1.07 bits per heavy atom. The Labute approximate surface area is 357 Å². The standard InChI is InChI=1S/C46H67N7O6Si/c1-34-15-21-48-44(49-34)53-27-30-58-46(33-53)19-24-52(25-20-46)23-16-35-9-8-10-36(31-35)17-28-57-29-18-42(56)51(5)26-22-47-32-40(59-60(6,7)45(2,3)4)37-11-13-39(54)43-38(37)12-14-41(55)50-43/h8-15,21,31,40,47,54H,16-20,22-30,32-33H2,1-7H3,(H,50,55)/t40-/m0/s1. The van der Waals surface area contributed by atoms with Gasteiger partial charge in [0.05, 0.1) is 50.0 Å². The molecule has 13 nitrogen and oxygen atoms in total. The number of phenols is 1. The number of anilines is 1. The third-order valence-corrected chi connectivity index (χ3v) is 17.1. The minimum Gasteiger partial charge on any atom is -0.506 e. The van der Waals surface area contributed by atoms with E-state index in [-0.39, 0.29) is 34.0 Å². The van der Waals surface area contributed by atoms with Gasteiger partial charge in [-0.1, -0.05) is 51.1 Å². The molecule has 2 aliphatic heterocycles. The number of morpholine rings is 1. The normalized spacial score (nSPS) is 16.7. The van der Waals surface area contributed by atoms with Gasteiger partial charge in [0.1, 0.15) is 5.75 Å². The number of benzene rings is 2. The lowest BCUT2D eigenvalue weighted by molar-refractivity contribution is -0.131. The van der Waals surface area contributed by atoms with Gasteiger partial charge in [-0.2, -0.15) is 0 Å². The van der Waals surface area contributed by atoms with E-state index in [1.54, 1.807) is 17.0 Å². The molecule has 14 heteroatoms. The number of carbonyl (C=O) groups is 1. The number of likely N-dealkylation sites (tertiary alicyclic amines) is 1. The minimum absolute atomic E-state index is 0.0158. The highest BCUT2D eigenvalue weighted by molar-refractivity contribution is 6.74. The number of nitrogens with one attached hydrogen (secondary N) is 2. The van der Waals surface area contributed by atoms with E-state index in [4.69, 9.17) is 13.9 Å². The average Bonchev–Trinajstić information content (AvgIpc) is 3.21. The summed E-state index contributed by atoms with van der Waals surface area (Å²) in [4.78, 5) is 43.6. The van der Waals surface area contributed by atoms with Gasteiger partial charge in [-0.3, -0.25) is 9.59 Å². The summed E-state index contributed by atoms with van der Waals surface area (Å²) in [6.45, 7) is 21.1. The highest BCUT2D eigenvalue weighted by Crippen LogP contribution is 2.41. The van der Waals surface area contributed by atoms with Crippen LogP contribution in [0.25, 0.3) is 10.9 Å². The maximum atomic E-state index is 13.0. The van der Waals surface area contributed by atoms with Crippen LogP contribution >= 0.6 is 0 Å². The maximum absolute atomic E-state index is 13.0. The zero-order valence-corrected chi connectivity index (χ0v) is 37.9. The second kappa shape index (κ2) is 20.1. The number of hydrogen-bond acceptors (Lipinski definition) is 11. The molecule has 2 fully saturated rings. The second-order valence-electron chi connectivity index (χ2n) is 18.1. The fraction of sp³-hybridized carbons (Fsp3) is 0.565. The van der Waals surface area contributed by atoms with Gasteiger partial charge in [0.2, 0.25) is 17.4 Å². The highest BCUT2D eigenvalue weighted by atomic mass is 28.4. The van der Waals surface area contributed by atoms with E-state index in [1.165, 1.54) is 17.2 Å². The van der Waals surface area contributed by atoms with E-state index in [1.807, 2.05) is 32.3 Å². The van der Waals surface area contributed by atoms with Gasteiger partial charge in [0.15, 0.2) is 8.32 Å². The van der Waals surface area contributed by atoms with E-state index < -0.39 is 8.32 Å². The van der Waals surface area contributed by atoms with Crippen molar-refractivity contribution in [3.63, 3.8) is 0 Å². The number of phenolic OH excluding ortho intramolecular Hbond substituents is 1. The molecule has 326 valence electrons. The van der Waals surface area contributed by atoms with Crippen molar-refractivity contribution in [3.8, 4) is 5.75 Å². The molecule has 2 saturated heterocycles. The van der Waals surface area contributed by atoms with E-state index in [2.05, 4.69) is 88.2 Å². The van der Waals surface area contributed by atoms with Gasteiger partial charge in [-0.25, -0.2) is 9.97 Å². The SMILES string of the molecule is Cc1ccnc(N2CCOC3(CCN(CCc4cccc(CCOCCC(=O)N(C)CCNC[C@H](O[Si](C)(C)C(C)(C)C)c5ccc(O)c6[nH]c(=O)ccc56)c4)CC3)C2)n1. The van der Waals surface area contributed by atoms with Crippen LogP contribution in [0.5, 0.6) is 5.75 Å². The first-order chi connectivity index (χ1) is 28.6. The smallest absolute Gasteiger partial charge is 0.248 e. The number of rotatable bonds is 18. The molecule has 2 aromatic heterocycles. The summed E-state index contributed by atoms with van der Waals surface area (Å²) >= 11 is 0. The van der Waals surface area contributed by atoms with Crippen LogP contribution in [0.4, 0.5) is 5.95 Å². The molecule has 0 unspecified atom stereocenters. The Kier molecular flexibility index (Phi) is 15.2. The Morgan fingerprint density at radius 2 is 1.83 bits per heavy atom. The van der Waals surface area contributed by atoms with Gasteiger partial charge < -0.3 is 44.0 Å². The maximum Gasteiger partial charge on any atom is 0.248 e. The van der Waals surface area contributed by atoms with Gasteiger partial charge >= 0.3 is 0 Å². The Hall–Kier alpha value is -4.18. The van der Waals surface area contributed by atoms with Crippen molar-refractivity contribution in [1.82, 2.24) is 30.1 Å². The Balaban J connectivity index is 0.885. The van der Waals surface area contributed by atoms with Crippen LogP contribution < -0.4 is 15.8 Å². The molecule has 0 saturated carbocycles. The molecule has 60 heavy (non-hydrogen) atoms. The molecule has 4 aromatic rings. The number of aryl methyl sites for hydroxylation is 1. The monoisotopic (exact) mass is 841 g/mol. The summed E-state index contributed by atoms with van der Waals surface area (Å²) in [5.41, 5.74) is 4.48. The molecule has 0 radical (unpaired) electrons. The number of piperidine rings is 1. The first kappa shape index (κ1) is 45.3. The van der Waals surface area contributed by atoms with E-state index in [9.17, 15) is 14.7 Å². The largest absolute Gasteiger partial charge is 0.506 e. The number of pyridine rings is 1. The van der Waals surface area contributed by atoms with Crippen molar-refractivity contribution < 1.29 is 23.8 Å². The van der Waals surface area contributed by atoms with Crippen LogP contribution in [0.15, 0.2) is 65.6 Å². The van der Waals surface area contributed by atoms with Crippen LogP contribution in [0.1, 0.15) is 68.5 Å². The molecule has 6 rings (SSSR count). The molecular formula is C46H67N7O6Si.